The number of nitrogens with zero attached hydrogens (tertiary/aromatic N) is 2. The highest BCUT2D eigenvalue weighted by Gasteiger charge is 2.30. The van der Waals surface area contributed by atoms with E-state index in [-0.39, 0.29) is 6.04 Å². The maximum Gasteiger partial charge on any atom is 0.118 e. The van der Waals surface area contributed by atoms with Gasteiger partial charge in [-0.25, -0.2) is 0 Å². The molecule has 0 saturated carbocycles. The minimum atomic E-state index is 0.207. The van der Waals surface area contributed by atoms with E-state index in [2.05, 4.69) is 34.7 Å². The first kappa shape index (κ1) is 16.2. The van der Waals surface area contributed by atoms with Gasteiger partial charge < -0.3 is 4.74 Å². The molecule has 0 fully saturated rings. The molecule has 0 amide bonds. The van der Waals surface area contributed by atoms with E-state index >= 15 is 0 Å². The van der Waals surface area contributed by atoms with Gasteiger partial charge in [0.15, 0.2) is 0 Å². The zero-order chi connectivity index (χ0) is 17.2. The molecule has 2 aromatic carbocycles. The number of anilines is 1. The number of rotatable bonds is 4. The first-order valence-electron chi connectivity index (χ1n) is 8.05. The topological polar surface area (TPSA) is 24.8 Å². The molecular weight excluding hydrogens is 352 g/mol. The summed E-state index contributed by atoms with van der Waals surface area (Å²) in [4.78, 5) is 1.31. The molecular formula is C20H17ClN2OS. The molecule has 1 aliphatic heterocycles. The van der Waals surface area contributed by atoms with E-state index in [1.807, 2.05) is 36.4 Å². The molecule has 0 saturated heterocycles. The van der Waals surface area contributed by atoms with Gasteiger partial charge in [0, 0.05) is 16.3 Å². The summed E-state index contributed by atoms with van der Waals surface area (Å²) in [6, 6.07) is 20.4. The average Bonchev–Trinajstić information content (AvgIpc) is 3.32. The number of hydrazone groups is 1. The number of methoxy groups -OCH3 is 1. The summed E-state index contributed by atoms with van der Waals surface area (Å²) in [5.41, 5.74) is 3.25. The minimum absolute atomic E-state index is 0.207. The van der Waals surface area contributed by atoms with Crippen molar-refractivity contribution in [3.05, 3.63) is 81.5 Å². The Balaban J connectivity index is 1.71. The number of hydrogen-bond donors (Lipinski definition) is 0. The number of benzene rings is 2. The molecule has 0 radical (unpaired) electrons. The van der Waals surface area contributed by atoms with Crippen LogP contribution in [0.2, 0.25) is 5.02 Å². The summed E-state index contributed by atoms with van der Waals surface area (Å²) >= 11 is 7.81. The van der Waals surface area contributed by atoms with Crippen LogP contribution in [0.3, 0.4) is 0 Å². The molecule has 1 aromatic heterocycles. The second-order valence-corrected chi connectivity index (χ2v) is 7.25. The second kappa shape index (κ2) is 6.90. The van der Waals surface area contributed by atoms with Crippen molar-refractivity contribution in [3.63, 3.8) is 0 Å². The first-order chi connectivity index (χ1) is 12.2. The number of hydrogen-bond acceptors (Lipinski definition) is 4. The van der Waals surface area contributed by atoms with Crippen molar-refractivity contribution >= 4 is 34.3 Å². The van der Waals surface area contributed by atoms with Crippen LogP contribution in [-0.4, -0.2) is 12.8 Å². The predicted molar refractivity (Wildman–Crippen MR) is 105 cm³/mol. The largest absolute Gasteiger partial charge is 0.497 e. The zero-order valence-corrected chi connectivity index (χ0v) is 15.3. The highest BCUT2D eigenvalue weighted by Crippen LogP contribution is 2.38. The fraction of sp³-hybridized carbons (Fsp3) is 0.150. The monoisotopic (exact) mass is 368 g/mol. The summed E-state index contributed by atoms with van der Waals surface area (Å²) in [5, 5.41) is 9.87. The van der Waals surface area contributed by atoms with Crippen molar-refractivity contribution in [3.8, 4) is 5.75 Å². The minimum Gasteiger partial charge on any atom is -0.497 e. The van der Waals surface area contributed by atoms with Gasteiger partial charge in [0.1, 0.15) is 5.75 Å². The van der Waals surface area contributed by atoms with Crippen molar-refractivity contribution in [2.24, 2.45) is 5.10 Å². The zero-order valence-electron chi connectivity index (χ0n) is 13.7. The Morgan fingerprint density at radius 1 is 1.08 bits per heavy atom. The van der Waals surface area contributed by atoms with Gasteiger partial charge in [0.05, 0.1) is 24.6 Å². The van der Waals surface area contributed by atoms with Crippen LogP contribution in [-0.2, 0) is 0 Å². The van der Waals surface area contributed by atoms with Crippen molar-refractivity contribution < 1.29 is 4.74 Å². The van der Waals surface area contributed by atoms with E-state index in [9.17, 15) is 0 Å². The van der Waals surface area contributed by atoms with E-state index in [1.54, 1.807) is 18.4 Å². The molecule has 0 spiro atoms. The van der Waals surface area contributed by atoms with Gasteiger partial charge in [-0.15, -0.1) is 11.3 Å². The van der Waals surface area contributed by atoms with Crippen molar-refractivity contribution in [2.75, 3.05) is 12.1 Å². The van der Waals surface area contributed by atoms with E-state index in [0.29, 0.717) is 0 Å². The third-order valence-corrected chi connectivity index (χ3v) is 5.52. The molecule has 1 atom stereocenters. The summed E-state index contributed by atoms with van der Waals surface area (Å²) < 4.78 is 5.25. The van der Waals surface area contributed by atoms with Gasteiger partial charge in [-0.05, 0) is 65.5 Å². The Labute approximate surface area is 156 Å². The predicted octanol–water partition coefficient (Wildman–Crippen LogP) is 5.77. The standard InChI is InChI=1S/C20H17ClN2OS/c1-24-17-10-4-14(5-11-17)18-13-19(20-3-2-12-25-20)23(22-18)16-8-6-15(21)7-9-16/h2-12,19H,13H2,1H3/t19-/m0/s1. The van der Waals surface area contributed by atoms with Crippen LogP contribution in [0, 0.1) is 0 Å². The molecule has 2 heterocycles. The Kier molecular flexibility index (Phi) is 4.47. The summed E-state index contributed by atoms with van der Waals surface area (Å²) in [6.07, 6.45) is 0.871. The van der Waals surface area contributed by atoms with Crippen molar-refractivity contribution in [1.29, 1.82) is 0 Å². The Bertz CT molecular complexity index is 873. The fourth-order valence-electron chi connectivity index (χ4n) is 3.00. The van der Waals surface area contributed by atoms with E-state index in [1.165, 1.54) is 4.88 Å². The summed E-state index contributed by atoms with van der Waals surface area (Å²) in [5.74, 6) is 0.853. The molecule has 5 heteroatoms. The van der Waals surface area contributed by atoms with E-state index < -0.39 is 0 Å². The van der Waals surface area contributed by atoms with Crippen LogP contribution in [0.5, 0.6) is 5.75 Å². The third-order valence-electron chi connectivity index (χ3n) is 4.30. The molecule has 0 N–H and O–H groups in total. The molecule has 126 valence electrons. The van der Waals surface area contributed by atoms with Crippen LogP contribution in [0.15, 0.2) is 71.1 Å². The number of thiophene rings is 1. The lowest BCUT2D eigenvalue weighted by Crippen LogP contribution is -2.17. The number of ether oxygens (including phenoxy) is 1. The Hall–Kier alpha value is -2.30. The van der Waals surface area contributed by atoms with Gasteiger partial charge in [0.2, 0.25) is 0 Å². The normalized spacial score (nSPS) is 16.8. The lowest BCUT2D eigenvalue weighted by atomic mass is 10.0. The smallest absolute Gasteiger partial charge is 0.118 e. The van der Waals surface area contributed by atoms with Crippen LogP contribution >= 0.6 is 22.9 Å². The highest BCUT2D eigenvalue weighted by molar-refractivity contribution is 7.10. The Morgan fingerprint density at radius 2 is 1.84 bits per heavy atom. The van der Waals surface area contributed by atoms with Crippen molar-refractivity contribution in [1.82, 2.24) is 0 Å². The molecule has 0 aliphatic carbocycles. The maximum absolute atomic E-state index is 6.04. The molecule has 0 bridgehead atoms. The van der Waals surface area contributed by atoms with Crippen LogP contribution in [0.1, 0.15) is 22.9 Å². The highest BCUT2D eigenvalue weighted by atomic mass is 35.5. The maximum atomic E-state index is 6.04. The van der Waals surface area contributed by atoms with Gasteiger partial charge in [0.25, 0.3) is 0 Å². The van der Waals surface area contributed by atoms with E-state index in [4.69, 9.17) is 21.4 Å². The third kappa shape index (κ3) is 3.28. The molecule has 4 rings (SSSR count). The average molecular weight is 369 g/mol. The molecule has 3 nitrogen and oxygen atoms in total. The second-order valence-electron chi connectivity index (χ2n) is 5.83. The lowest BCUT2D eigenvalue weighted by molar-refractivity contribution is 0.415. The summed E-state index contributed by atoms with van der Waals surface area (Å²) in [6.45, 7) is 0. The van der Waals surface area contributed by atoms with E-state index in [0.717, 1.165) is 34.2 Å². The van der Waals surface area contributed by atoms with Gasteiger partial charge in [-0.1, -0.05) is 17.7 Å². The van der Waals surface area contributed by atoms with Crippen LogP contribution in [0.25, 0.3) is 0 Å². The lowest BCUT2D eigenvalue weighted by Gasteiger charge is -2.22. The first-order valence-corrected chi connectivity index (χ1v) is 9.30. The fourth-order valence-corrected chi connectivity index (χ4v) is 3.94. The van der Waals surface area contributed by atoms with Gasteiger partial charge in [-0.3, -0.25) is 5.01 Å². The van der Waals surface area contributed by atoms with Crippen molar-refractivity contribution in [2.45, 2.75) is 12.5 Å². The van der Waals surface area contributed by atoms with Crippen LogP contribution < -0.4 is 9.75 Å². The molecule has 1 aliphatic rings. The Morgan fingerprint density at radius 3 is 2.48 bits per heavy atom. The molecule has 0 unspecified atom stereocenters. The summed E-state index contributed by atoms with van der Waals surface area (Å²) in [7, 11) is 1.68. The van der Waals surface area contributed by atoms with Crippen LogP contribution in [0.4, 0.5) is 5.69 Å². The van der Waals surface area contributed by atoms with Gasteiger partial charge in [-0.2, -0.15) is 5.10 Å². The van der Waals surface area contributed by atoms with Gasteiger partial charge >= 0.3 is 0 Å². The number of halogens is 1. The molecule has 25 heavy (non-hydrogen) atoms. The quantitative estimate of drug-likeness (QED) is 0.584. The SMILES string of the molecule is COc1ccc(C2=NN(c3ccc(Cl)cc3)[C@H](c3cccs3)C2)cc1. The molecule has 3 aromatic rings.